The molecule has 0 saturated heterocycles. The maximum Gasteiger partial charge on any atom is 0.0824 e. The van der Waals surface area contributed by atoms with Crippen molar-refractivity contribution in [3.8, 4) is 0 Å². The van der Waals surface area contributed by atoms with Crippen molar-refractivity contribution in [2.45, 2.75) is 46.6 Å². The monoisotopic (exact) mass is 181 g/mol. The summed E-state index contributed by atoms with van der Waals surface area (Å²) in [5, 5.41) is 8.10. The second-order valence-electron chi connectivity index (χ2n) is 3.86. The van der Waals surface area contributed by atoms with E-state index in [1.165, 1.54) is 12.8 Å². The summed E-state index contributed by atoms with van der Waals surface area (Å²) >= 11 is 0. The Balaban J connectivity index is 2.28. The lowest BCUT2D eigenvalue weighted by Gasteiger charge is -2.03. The van der Waals surface area contributed by atoms with Gasteiger partial charge in [0, 0.05) is 12.7 Å². The molecule has 3 heteroatoms. The first-order valence-electron chi connectivity index (χ1n) is 5.11. The van der Waals surface area contributed by atoms with E-state index in [9.17, 15) is 0 Å². The summed E-state index contributed by atoms with van der Waals surface area (Å²) in [5.74, 6) is 0.786. The largest absolute Gasteiger partial charge is 0.252 e. The van der Waals surface area contributed by atoms with Crippen molar-refractivity contribution in [1.82, 2.24) is 15.0 Å². The molecule has 74 valence electrons. The van der Waals surface area contributed by atoms with Crippen molar-refractivity contribution < 1.29 is 0 Å². The maximum absolute atomic E-state index is 4.05. The Labute approximate surface area is 80.1 Å². The van der Waals surface area contributed by atoms with Gasteiger partial charge in [0.15, 0.2) is 0 Å². The molecule has 1 aromatic heterocycles. The minimum Gasteiger partial charge on any atom is -0.252 e. The molecule has 0 saturated carbocycles. The Morgan fingerprint density at radius 3 is 2.77 bits per heavy atom. The maximum atomic E-state index is 4.05. The molecule has 1 heterocycles. The molecule has 0 radical (unpaired) electrons. The first kappa shape index (κ1) is 10.2. The van der Waals surface area contributed by atoms with Crippen LogP contribution in [0.25, 0.3) is 0 Å². The van der Waals surface area contributed by atoms with Crippen molar-refractivity contribution in [3.63, 3.8) is 0 Å². The zero-order valence-corrected chi connectivity index (χ0v) is 8.82. The average molecular weight is 181 g/mol. The molecule has 0 fully saturated rings. The summed E-state index contributed by atoms with van der Waals surface area (Å²) in [6.45, 7) is 7.60. The Hall–Kier alpha value is -0.860. The van der Waals surface area contributed by atoms with Crippen LogP contribution in [0.3, 0.4) is 0 Å². The van der Waals surface area contributed by atoms with Crippen LogP contribution in [0.2, 0.25) is 0 Å². The lowest BCUT2D eigenvalue weighted by Crippen LogP contribution is -2.00. The van der Waals surface area contributed by atoms with E-state index in [0.717, 1.165) is 24.6 Å². The highest BCUT2D eigenvalue weighted by atomic mass is 15.4. The Morgan fingerprint density at radius 2 is 2.23 bits per heavy atom. The highest BCUT2D eigenvalue weighted by Gasteiger charge is 1.98. The number of hydrogen-bond acceptors (Lipinski definition) is 2. The molecular weight excluding hydrogens is 162 g/mol. The molecule has 0 aliphatic carbocycles. The topological polar surface area (TPSA) is 30.7 Å². The summed E-state index contributed by atoms with van der Waals surface area (Å²) < 4.78 is 1.95. The van der Waals surface area contributed by atoms with Crippen LogP contribution in [0, 0.1) is 5.92 Å². The predicted molar refractivity (Wildman–Crippen MR) is 53.5 cm³/mol. The number of rotatable bonds is 5. The standard InChI is InChI=1S/C10H19N3/c1-4-10-8-13(12-11-10)7-5-6-9(2)3/h8-9H,4-7H2,1-3H3. The molecule has 1 rings (SSSR count). The van der Waals surface area contributed by atoms with E-state index in [-0.39, 0.29) is 0 Å². The van der Waals surface area contributed by atoms with E-state index in [4.69, 9.17) is 0 Å². The van der Waals surface area contributed by atoms with Gasteiger partial charge in [-0.1, -0.05) is 26.0 Å². The zero-order valence-electron chi connectivity index (χ0n) is 8.82. The van der Waals surface area contributed by atoms with Crippen LogP contribution in [-0.2, 0) is 13.0 Å². The first-order chi connectivity index (χ1) is 6.22. The molecular formula is C10H19N3. The van der Waals surface area contributed by atoms with Gasteiger partial charge >= 0.3 is 0 Å². The molecule has 0 aliphatic heterocycles. The van der Waals surface area contributed by atoms with Crippen molar-refractivity contribution in [2.24, 2.45) is 5.92 Å². The van der Waals surface area contributed by atoms with Gasteiger partial charge in [-0.15, -0.1) is 5.10 Å². The summed E-state index contributed by atoms with van der Waals surface area (Å²) in [6.07, 6.45) is 5.48. The molecule has 0 amide bonds. The Morgan fingerprint density at radius 1 is 1.46 bits per heavy atom. The highest BCUT2D eigenvalue weighted by molar-refractivity contribution is 4.90. The van der Waals surface area contributed by atoms with Crippen LogP contribution in [-0.4, -0.2) is 15.0 Å². The third kappa shape index (κ3) is 3.57. The van der Waals surface area contributed by atoms with Crippen LogP contribution in [0.4, 0.5) is 0 Å². The van der Waals surface area contributed by atoms with E-state index >= 15 is 0 Å². The second kappa shape index (κ2) is 5.00. The molecule has 0 atom stereocenters. The van der Waals surface area contributed by atoms with Gasteiger partial charge in [-0.05, 0) is 25.2 Å². The van der Waals surface area contributed by atoms with Gasteiger partial charge in [0.25, 0.3) is 0 Å². The molecule has 3 nitrogen and oxygen atoms in total. The predicted octanol–water partition coefficient (Wildman–Crippen LogP) is 2.28. The molecule has 1 aromatic rings. The smallest absolute Gasteiger partial charge is 0.0824 e. The van der Waals surface area contributed by atoms with Crippen LogP contribution in [0.5, 0.6) is 0 Å². The van der Waals surface area contributed by atoms with Crippen molar-refractivity contribution in [1.29, 1.82) is 0 Å². The highest BCUT2D eigenvalue weighted by Crippen LogP contribution is 2.05. The lowest BCUT2D eigenvalue weighted by molar-refractivity contribution is 0.482. The van der Waals surface area contributed by atoms with Gasteiger partial charge < -0.3 is 0 Å². The molecule has 0 aromatic carbocycles. The number of nitrogens with zero attached hydrogens (tertiary/aromatic N) is 3. The number of aryl methyl sites for hydroxylation is 2. The van der Waals surface area contributed by atoms with Gasteiger partial charge in [0.05, 0.1) is 5.69 Å². The van der Waals surface area contributed by atoms with Crippen molar-refractivity contribution in [3.05, 3.63) is 11.9 Å². The lowest BCUT2D eigenvalue weighted by atomic mass is 10.1. The van der Waals surface area contributed by atoms with Crippen LogP contribution < -0.4 is 0 Å². The van der Waals surface area contributed by atoms with Crippen LogP contribution in [0.15, 0.2) is 6.20 Å². The summed E-state index contributed by atoms with van der Waals surface area (Å²) in [4.78, 5) is 0. The van der Waals surface area contributed by atoms with Gasteiger partial charge in [-0.25, -0.2) is 0 Å². The van der Waals surface area contributed by atoms with E-state index < -0.39 is 0 Å². The molecule has 0 aliphatic rings. The SMILES string of the molecule is CCc1cn(CCCC(C)C)nn1. The van der Waals surface area contributed by atoms with Gasteiger partial charge in [-0.3, -0.25) is 4.68 Å². The van der Waals surface area contributed by atoms with E-state index in [0.29, 0.717) is 0 Å². The Bertz CT molecular complexity index is 240. The molecule has 0 unspecified atom stereocenters. The zero-order chi connectivity index (χ0) is 9.68. The van der Waals surface area contributed by atoms with Crippen LogP contribution in [0.1, 0.15) is 39.3 Å². The fourth-order valence-corrected chi connectivity index (χ4v) is 1.27. The fraction of sp³-hybridized carbons (Fsp3) is 0.800. The van der Waals surface area contributed by atoms with Crippen molar-refractivity contribution >= 4 is 0 Å². The minimum atomic E-state index is 0.786. The van der Waals surface area contributed by atoms with Crippen molar-refractivity contribution in [2.75, 3.05) is 0 Å². The molecule has 0 spiro atoms. The Kier molecular flexibility index (Phi) is 3.93. The van der Waals surface area contributed by atoms with Gasteiger partial charge in [0.1, 0.15) is 0 Å². The van der Waals surface area contributed by atoms with Gasteiger partial charge in [0.2, 0.25) is 0 Å². The summed E-state index contributed by atoms with van der Waals surface area (Å²) in [5.41, 5.74) is 1.09. The van der Waals surface area contributed by atoms with Gasteiger partial charge in [-0.2, -0.15) is 0 Å². The molecule has 0 N–H and O–H groups in total. The normalized spacial score (nSPS) is 11.1. The molecule has 13 heavy (non-hydrogen) atoms. The van der Waals surface area contributed by atoms with E-state index in [1.54, 1.807) is 0 Å². The third-order valence-corrected chi connectivity index (χ3v) is 2.12. The minimum absolute atomic E-state index is 0.786. The number of hydrogen-bond donors (Lipinski definition) is 0. The molecule has 0 bridgehead atoms. The fourth-order valence-electron chi connectivity index (χ4n) is 1.27. The first-order valence-corrected chi connectivity index (χ1v) is 5.11. The van der Waals surface area contributed by atoms with E-state index in [2.05, 4.69) is 31.1 Å². The second-order valence-corrected chi connectivity index (χ2v) is 3.86. The van der Waals surface area contributed by atoms with E-state index in [1.807, 2.05) is 10.9 Å². The quantitative estimate of drug-likeness (QED) is 0.697. The third-order valence-electron chi connectivity index (χ3n) is 2.12. The van der Waals surface area contributed by atoms with Crippen LogP contribution >= 0.6 is 0 Å². The summed E-state index contributed by atoms with van der Waals surface area (Å²) in [7, 11) is 0. The summed E-state index contributed by atoms with van der Waals surface area (Å²) in [6, 6.07) is 0. The number of aromatic nitrogens is 3. The average Bonchev–Trinajstić information content (AvgIpc) is 2.52.